The third-order valence-electron chi connectivity index (χ3n) is 3.28. The molecule has 0 saturated heterocycles. The smallest absolute Gasteiger partial charge is 0.126 e. The van der Waals surface area contributed by atoms with E-state index in [-0.39, 0.29) is 6.04 Å². The summed E-state index contributed by atoms with van der Waals surface area (Å²) in [6, 6.07) is 5.91. The van der Waals surface area contributed by atoms with E-state index in [9.17, 15) is 8.78 Å². The van der Waals surface area contributed by atoms with E-state index in [2.05, 4.69) is 30.6 Å². The molecule has 1 aromatic carbocycles. The molecule has 20 heavy (non-hydrogen) atoms. The fourth-order valence-corrected chi connectivity index (χ4v) is 3.10. The fraction of sp³-hybridized carbons (Fsp3) is 0.375. The molecule has 0 aliphatic carbocycles. The number of benzene rings is 1. The maximum atomic E-state index is 13.3. The molecular formula is C16H19F2NS. The van der Waals surface area contributed by atoms with Gasteiger partial charge in [0.2, 0.25) is 0 Å². The molecule has 1 atom stereocenters. The van der Waals surface area contributed by atoms with Crippen molar-refractivity contribution in [3.8, 4) is 0 Å². The lowest BCUT2D eigenvalue weighted by Crippen LogP contribution is -2.24. The monoisotopic (exact) mass is 295 g/mol. The maximum Gasteiger partial charge on any atom is 0.126 e. The lowest BCUT2D eigenvalue weighted by Gasteiger charge is -2.19. The molecule has 0 saturated carbocycles. The Morgan fingerprint density at radius 3 is 2.45 bits per heavy atom. The van der Waals surface area contributed by atoms with Crippen molar-refractivity contribution < 1.29 is 8.78 Å². The minimum absolute atomic E-state index is 0.0994. The number of aryl methyl sites for hydroxylation is 1. The molecule has 0 aliphatic rings. The summed E-state index contributed by atoms with van der Waals surface area (Å²) < 4.78 is 26.6. The largest absolute Gasteiger partial charge is 0.310 e. The van der Waals surface area contributed by atoms with E-state index in [4.69, 9.17) is 0 Å². The van der Waals surface area contributed by atoms with Crippen molar-refractivity contribution in [3.63, 3.8) is 0 Å². The molecule has 1 N–H and O–H groups in total. The zero-order valence-electron chi connectivity index (χ0n) is 11.7. The highest BCUT2D eigenvalue weighted by Gasteiger charge is 2.15. The summed E-state index contributed by atoms with van der Waals surface area (Å²) in [7, 11) is 0. The molecule has 0 bridgehead atoms. The Labute approximate surface area is 122 Å². The molecule has 1 nitrogen and oxygen atoms in total. The van der Waals surface area contributed by atoms with Gasteiger partial charge in [-0.2, -0.15) is 0 Å². The highest BCUT2D eigenvalue weighted by molar-refractivity contribution is 7.10. The highest BCUT2D eigenvalue weighted by Crippen LogP contribution is 2.26. The van der Waals surface area contributed by atoms with Gasteiger partial charge in [0.05, 0.1) is 0 Å². The topological polar surface area (TPSA) is 12.0 Å². The number of hydrogen-bond acceptors (Lipinski definition) is 2. The van der Waals surface area contributed by atoms with Crippen LogP contribution in [0.4, 0.5) is 8.78 Å². The van der Waals surface area contributed by atoms with Crippen LogP contribution in [0.15, 0.2) is 29.6 Å². The summed E-state index contributed by atoms with van der Waals surface area (Å²) in [6.07, 6.45) is 1.61. The second-order valence-corrected chi connectivity index (χ2v) is 6.04. The summed E-state index contributed by atoms with van der Waals surface area (Å²) in [5.41, 5.74) is 1.90. The molecule has 0 amide bonds. The first-order valence-corrected chi connectivity index (χ1v) is 7.70. The molecule has 0 radical (unpaired) electrons. The van der Waals surface area contributed by atoms with Crippen LogP contribution in [0.3, 0.4) is 0 Å². The Bertz CT molecular complexity index is 545. The lowest BCUT2D eigenvalue weighted by atomic mass is 9.99. The molecule has 2 rings (SSSR count). The summed E-state index contributed by atoms with van der Waals surface area (Å²) in [6.45, 7) is 5.07. The maximum absolute atomic E-state index is 13.3. The molecular weight excluding hydrogens is 276 g/mol. The Morgan fingerprint density at radius 1 is 1.20 bits per heavy atom. The van der Waals surface area contributed by atoms with E-state index in [1.54, 1.807) is 11.3 Å². The Kier molecular flexibility index (Phi) is 5.26. The Balaban J connectivity index is 2.21. The second-order valence-electron chi connectivity index (χ2n) is 4.92. The first-order valence-electron chi connectivity index (χ1n) is 6.82. The van der Waals surface area contributed by atoms with Crippen molar-refractivity contribution in [1.82, 2.24) is 5.32 Å². The van der Waals surface area contributed by atoms with Crippen molar-refractivity contribution in [1.29, 1.82) is 0 Å². The van der Waals surface area contributed by atoms with Crippen molar-refractivity contribution in [2.45, 2.75) is 32.7 Å². The molecule has 0 fully saturated rings. The van der Waals surface area contributed by atoms with Crippen LogP contribution in [0.2, 0.25) is 0 Å². The summed E-state index contributed by atoms with van der Waals surface area (Å²) >= 11 is 1.69. The quantitative estimate of drug-likeness (QED) is 0.820. The van der Waals surface area contributed by atoms with Gasteiger partial charge in [-0.05, 0) is 61.0 Å². The van der Waals surface area contributed by atoms with Crippen LogP contribution in [0, 0.1) is 18.6 Å². The molecule has 0 spiro atoms. The molecule has 0 aliphatic heterocycles. The van der Waals surface area contributed by atoms with Gasteiger partial charge in [0.25, 0.3) is 0 Å². The van der Waals surface area contributed by atoms with Gasteiger partial charge < -0.3 is 5.32 Å². The predicted octanol–water partition coefficient (Wildman–Crippen LogP) is 4.62. The van der Waals surface area contributed by atoms with Crippen LogP contribution in [0.25, 0.3) is 0 Å². The van der Waals surface area contributed by atoms with Crippen molar-refractivity contribution in [3.05, 3.63) is 57.3 Å². The van der Waals surface area contributed by atoms with Crippen LogP contribution in [-0.2, 0) is 6.42 Å². The number of nitrogens with one attached hydrogen (secondary N) is 1. The molecule has 1 aromatic heterocycles. The van der Waals surface area contributed by atoms with Gasteiger partial charge in [0.15, 0.2) is 0 Å². The van der Waals surface area contributed by atoms with Crippen LogP contribution < -0.4 is 5.32 Å². The van der Waals surface area contributed by atoms with Crippen molar-refractivity contribution >= 4 is 11.3 Å². The standard InChI is InChI=1S/C16H19F2NS/c1-3-5-19-16(15-4-6-20-11(15)2)9-12-7-13(17)10-14(18)8-12/h4,6-8,10,16,19H,3,5,9H2,1-2H3. The Hall–Kier alpha value is -1.26. The molecule has 2 aromatic rings. The third kappa shape index (κ3) is 3.87. The van der Waals surface area contributed by atoms with Gasteiger partial charge >= 0.3 is 0 Å². The molecule has 4 heteroatoms. The van der Waals surface area contributed by atoms with E-state index < -0.39 is 11.6 Å². The normalized spacial score (nSPS) is 12.6. The van der Waals surface area contributed by atoms with Gasteiger partial charge in [0, 0.05) is 17.0 Å². The summed E-state index contributed by atoms with van der Waals surface area (Å²) in [4.78, 5) is 1.25. The minimum Gasteiger partial charge on any atom is -0.310 e. The SMILES string of the molecule is CCCNC(Cc1cc(F)cc(F)c1)c1ccsc1C. The summed E-state index contributed by atoms with van der Waals surface area (Å²) in [5.74, 6) is -1.03. The van der Waals surface area contributed by atoms with E-state index in [0.29, 0.717) is 12.0 Å². The van der Waals surface area contributed by atoms with Gasteiger partial charge in [0.1, 0.15) is 11.6 Å². The van der Waals surface area contributed by atoms with Gasteiger partial charge in [-0.1, -0.05) is 6.92 Å². The number of hydrogen-bond donors (Lipinski definition) is 1. The van der Waals surface area contributed by atoms with Crippen LogP contribution in [0.1, 0.15) is 35.4 Å². The van der Waals surface area contributed by atoms with E-state index >= 15 is 0 Å². The van der Waals surface area contributed by atoms with Gasteiger partial charge in [-0.15, -0.1) is 11.3 Å². The van der Waals surface area contributed by atoms with Crippen molar-refractivity contribution in [2.75, 3.05) is 6.54 Å². The average molecular weight is 295 g/mol. The number of thiophene rings is 1. The fourth-order valence-electron chi connectivity index (χ4n) is 2.33. The first kappa shape index (κ1) is 15.1. The predicted molar refractivity (Wildman–Crippen MR) is 80.2 cm³/mol. The van der Waals surface area contributed by atoms with E-state index in [1.165, 1.54) is 22.6 Å². The number of halogens is 2. The average Bonchev–Trinajstić information content (AvgIpc) is 2.79. The van der Waals surface area contributed by atoms with Gasteiger partial charge in [-0.25, -0.2) is 8.78 Å². The summed E-state index contributed by atoms with van der Waals surface area (Å²) in [5, 5.41) is 5.51. The Morgan fingerprint density at radius 2 is 1.90 bits per heavy atom. The molecule has 1 unspecified atom stereocenters. The first-order chi connectivity index (χ1) is 9.60. The lowest BCUT2D eigenvalue weighted by molar-refractivity contribution is 0.522. The molecule has 108 valence electrons. The van der Waals surface area contributed by atoms with Crippen LogP contribution >= 0.6 is 11.3 Å². The highest BCUT2D eigenvalue weighted by atomic mass is 32.1. The van der Waals surface area contributed by atoms with Gasteiger partial charge in [-0.3, -0.25) is 0 Å². The second kappa shape index (κ2) is 6.95. The van der Waals surface area contributed by atoms with E-state index in [0.717, 1.165) is 19.0 Å². The van der Waals surface area contributed by atoms with Crippen LogP contribution in [-0.4, -0.2) is 6.54 Å². The van der Waals surface area contributed by atoms with Crippen molar-refractivity contribution in [2.24, 2.45) is 0 Å². The van der Waals surface area contributed by atoms with Crippen LogP contribution in [0.5, 0.6) is 0 Å². The zero-order chi connectivity index (χ0) is 14.5. The number of rotatable bonds is 6. The minimum atomic E-state index is -0.517. The molecule has 1 heterocycles. The zero-order valence-corrected chi connectivity index (χ0v) is 12.6. The van der Waals surface area contributed by atoms with E-state index in [1.807, 2.05) is 0 Å². The third-order valence-corrected chi connectivity index (χ3v) is 4.14.